The minimum atomic E-state index is -4.73. The third kappa shape index (κ3) is 9.15. The van der Waals surface area contributed by atoms with Crippen molar-refractivity contribution in [1.29, 1.82) is 0 Å². The van der Waals surface area contributed by atoms with Crippen LogP contribution in [0.3, 0.4) is 0 Å². The summed E-state index contributed by atoms with van der Waals surface area (Å²) < 4.78 is 48.1. The van der Waals surface area contributed by atoms with Crippen molar-refractivity contribution in [2.24, 2.45) is 0 Å². The van der Waals surface area contributed by atoms with Gasteiger partial charge < -0.3 is 14.4 Å². The van der Waals surface area contributed by atoms with Crippen molar-refractivity contribution in [3.05, 3.63) is 77.1 Å². The smallest absolute Gasteiger partial charge is 0.488 e. The van der Waals surface area contributed by atoms with Crippen LogP contribution >= 0.6 is 0 Å². The molecule has 0 aliphatic rings. The molecule has 0 aliphatic carbocycles. The Labute approximate surface area is 230 Å². The molecule has 1 heterocycles. The molecule has 0 unspecified atom stereocenters. The van der Waals surface area contributed by atoms with E-state index in [1.807, 2.05) is 40.1 Å². The summed E-state index contributed by atoms with van der Waals surface area (Å²) in [6, 6.07) is 12.3. The fourth-order valence-electron chi connectivity index (χ4n) is 4.37. The Bertz CT molecular complexity index is 1200. The predicted octanol–water partition coefficient (Wildman–Crippen LogP) is 8.05. The molecular weight excluding hydrogens is 503 g/mol. The van der Waals surface area contributed by atoms with E-state index in [9.17, 15) is 13.2 Å². The van der Waals surface area contributed by atoms with E-state index in [0.29, 0.717) is 19.0 Å². The Hall–Kier alpha value is -3.29. The highest BCUT2D eigenvalue weighted by Gasteiger charge is 2.31. The Morgan fingerprint density at radius 1 is 0.821 bits per heavy atom. The number of anilines is 1. The lowest BCUT2D eigenvalue weighted by atomic mass is 9.82. The van der Waals surface area contributed by atoms with Crippen molar-refractivity contribution in [2.45, 2.75) is 91.7 Å². The molecular formula is C31H40F3N3O2. The highest BCUT2D eigenvalue weighted by Crippen LogP contribution is 2.33. The maximum atomic E-state index is 12.6. The number of alkyl halides is 3. The fourth-order valence-corrected chi connectivity index (χ4v) is 4.37. The second kappa shape index (κ2) is 12.3. The Kier molecular flexibility index (Phi) is 9.51. The molecule has 0 radical (unpaired) electrons. The van der Waals surface area contributed by atoms with Gasteiger partial charge in [0.2, 0.25) is 5.95 Å². The van der Waals surface area contributed by atoms with E-state index in [1.165, 1.54) is 17.7 Å². The molecule has 0 aliphatic heterocycles. The zero-order chi connectivity index (χ0) is 28.8. The van der Waals surface area contributed by atoms with E-state index in [2.05, 4.69) is 58.6 Å². The molecule has 0 amide bonds. The largest absolute Gasteiger partial charge is 0.573 e. The van der Waals surface area contributed by atoms with E-state index < -0.39 is 6.36 Å². The highest BCUT2D eigenvalue weighted by atomic mass is 19.4. The van der Waals surface area contributed by atoms with Crippen LogP contribution in [0.25, 0.3) is 0 Å². The molecule has 1 aromatic heterocycles. The summed E-state index contributed by atoms with van der Waals surface area (Å²) in [4.78, 5) is 11.3. The lowest BCUT2D eigenvalue weighted by molar-refractivity contribution is -0.274. The summed E-state index contributed by atoms with van der Waals surface area (Å²) in [7, 11) is 0. The van der Waals surface area contributed by atoms with Crippen molar-refractivity contribution < 1.29 is 22.6 Å². The molecule has 2 aromatic carbocycles. The third-order valence-electron chi connectivity index (χ3n) is 6.28. The molecule has 8 heteroatoms. The predicted molar refractivity (Wildman–Crippen MR) is 149 cm³/mol. The molecule has 212 valence electrons. The van der Waals surface area contributed by atoms with Crippen LogP contribution in [0, 0.1) is 0 Å². The van der Waals surface area contributed by atoms with E-state index in [1.54, 1.807) is 12.1 Å². The van der Waals surface area contributed by atoms with E-state index in [4.69, 9.17) is 4.74 Å². The number of aromatic nitrogens is 2. The SMILES string of the molecule is CCCc1cc(C(C)(C)CN(Cc2ccc(OC(F)(F)F)cc2)c2ncc(CC)cn2)ccc1OC(C)(C)C. The van der Waals surface area contributed by atoms with Gasteiger partial charge in [0.1, 0.15) is 17.1 Å². The fraction of sp³-hybridized carbons (Fsp3) is 0.484. The number of halogens is 3. The quantitative estimate of drug-likeness (QED) is 0.245. The average Bonchev–Trinajstić information content (AvgIpc) is 2.84. The first kappa shape index (κ1) is 30.3. The summed E-state index contributed by atoms with van der Waals surface area (Å²) in [5, 5.41) is 0. The summed E-state index contributed by atoms with van der Waals surface area (Å²) in [5.74, 6) is 1.22. The van der Waals surface area contributed by atoms with Gasteiger partial charge >= 0.3 is 6.36 Å². The van der Waals surface area contributed by atoms with E-state index >= 15 is 0 Å². The molecule has 5 nitrogen and oxygen atoms in total. The average molecular weight is 544 g/mol. The molecule has 0 bridgehead atoms. The molecule has 0 atom stereocenters. The molecule has 0 fully saturated rings. The zero-order valence-electron chi connectivity index (χ0n) is 24.0. The van der Waals surface area contributed by atoms with Gasteiger partial charge in [0.15, 0.2) is 0 Å². The van der Waals surface area contributed by atoms with Gasteiger partial charge in [0.05, 0.1) is 0 Å². The van der Waals surface area contributed by atoms with Crippen LogP contribution in [-0.4, -0.2) is 28.5 Å². The monoisotopic (exact) mass is 543 g/mol. The topological polar surface area (TPSA) is 47.5 Å². The first-order valence-electron chi connectivity index (χ1n) is 13.4. The standard InChI is InChI=1S/C31H40F3N3O2/c1-8-10-24-17-25(13-16-27(24)39-29(3,4)5)30(6,7)21-37(28-35-18-22(9-2)19-36-28)20-23-11-14-26(15-12-23)38-31(32,33)34/h11-19H,8-10,20-21H2,1-7H3. The Balaban J connectivity index is 1.91. The number of benzene rings is 2. The molecule has 0 N–H and O–H groups in total. The van der Waals surface area contributed by atoms with Crippen molar-refractivity contribution in [3.8, 4) is 11.5 Å². The van der Waals surface area contributed by atoms with Gasteiger partial charge in [-0.1, -0.05) is 58.4 Å². The van der Waals surface area contributed by atoms with Crippen molar-refractivity contribution in [2.75, 3.05) is 11.4 Å². The second-order valence-electron chi connectivity index (χ2n) is 11.5. The first-order chi connectivity index (χ1) is 18.2. The Morgan fingerprint density at radius 2 is 1.46 bits per heavy atom. The maximum Gasteiger partial charge on any atom is 0.573 e. The summed E-state index contributed by atoms with van der Waals surface area (Å²) in [6.07, 6.45) is 1.66. The third-order valence-corrected chi connectivity index (χ3v) is 6.28. The number of rotatable bonds is 11. The van der Waals surface area contributed by atoms with E-state index in [0.717, 1.165) is 41.7 Å². The lowest BCUT2D eigenvalue weighted by Crippen LogP contribution is -2.38. The number of hydrogen-bond acceptors (Lipinski definition) is 5. The van der Waals surface area contributed by atoms with Crippen LogP contribution in [0.1, 0.15) is 77.1 Å². The van der Waals surface area contributed by atoms with Gasteiger partial charge in [-0.3, -0.25) is 0 Å². The number of nitrogens with zero attached hydrogens (tertiary/aromatic N) is 3. The minimum absolute atomic E-state index is 0.248. The molecule has 39 heavy (non-hydrogen) atoms. The second-order valence-corrected chi connectivity index (χ2v) is 11.5. The molecule has 3 rings (SSSR count). The van der Waals surface area contributed by atoms with Crippen molar-refractivity contribution in [3.63, 3.8) is 0 Å². The maximum absolute atomic E-state index is 12.6. The number of aryl methyl sites for hydroxylation is 2. The minimum Gasteiger partial charge on any atom is -0.488 e. The van der Waals surface area contributed by atoms with Gasteiger partial charge in [-0.2, -0.15) is 0 Å². The van der Waals surface area contributed by atoms with Crippen LogP contribution in [0.5, 0.6) is 11.5 Å². The first-order valence-corrected chi connectivity index (χ1v) is 13.4. The lowest BCUT2D eigenvalue weighted by Gasteiger charge is -2.34. The van der Waals surface area contributed by atoms with Gasteiger partial charge in [-0.05, 0) is 74.1 Å². The van der Waals surface area contributed by atoms with Gasteiger partial charge in [-0.25, -0.2) is 9.97 Å². The zero-order valence-corrected chi connectivity index (χ0v) is 24.0. The van der Waals surface area contributed by atoms with Gasteiger partial charge in [-0.15, -0.1) is 13.2 Å². The van der Waals surface area contributed by atoms with Crippen molar-refractivity contribution >= 4 is 5.95 Å². The highest BCUT2D eigenvalue weighted by molar-refractivity contribution is 5.43. The van der Waals surface area contributed by atoms with Crippen LogP contribution in [0.2, 0.25) is 0 Å². The molecule has 3 aromatic rings. The summed E-state index contributed by atoms with van der Waals surface area (Å²) in [6.45, 7) is 15.7. The van der Waals surface area contributed by atoms with Crippen LogP contribution < -0.4 is 14.4 Å². The summed E-state index contributed by atoms with van der Waals surface area (Å²) >= 11 is 0. The molecule has 0 spiro atoms. The molecule has 0 saturated heterocycles. The van der Waals surface area contributed by atoms with Gasteiger partial charge in [0, 0.05) is 30.9 Å². The Morgan fingerprint density at radius 3 is 2.00 bits per heavy atom. The van der Waals surface area contributed by atoms with Crippen LogP contribution in [0.4, 0.5) is 19.1 Å². The van der Waals surface area contributed by atoms with E-state index in [-0.39, 0.29) is 16.8 Å². The molecule has 0 saturated carbocycles. The van der Waals surface area contributed by atoms with Crippen LogP contribution in [0.15, 0.2) is 54.9 Å². The number of ether oxygens (including phenoxy) is 2. The van der Waals surface area contributed by atoms with Crippen molar-refractivity contribution in [1.82, 2.24) is 9.97 Å². The summed E-state index contributed by atoms with van der Waals surface area (Å²) in [5.41, 5.74) is 3.60. The van der Waals surface area contributed by atoms with Gasteiger partial charge in [0.25, 0.3) is 0 Å². The van der Waals surface area contributed by atoms with Crippen LogP contribution in [-0.2, 0) is 24.8 Å². The normalized spacial score (nSPS) is 12.4. The number of hydrogen-bond donors (Lipinski definition) is 0.